The standard InChI is InChI=1S/C12H18N2O2/c1-3-10-11(8(2)16-14-10)12(15)13-9-6-4-5-7-9/h9H,3-7H2,1-2H3,(H,13,15). The summed E-state index contributed by atoms with van der Waals surface area (Å²) in [5, 5.41) is 6.95. The van der Waals surface area contributed by atoms with Gasteiger partial charge in [0.15, 0.2) is 0 Å². The summed E-state index contributed by atoms with van der Waals surface area (Å²) in [5.74, 6) is 0.592. The molecule has 88 valence electrons. The molecule has 4 nitrogen and oxygen atoms in total. The van der Waals surface area contributed by atoms with Crippen LogP contribution in [0.1, 0.15) is 54.4 Å². The van der Waals surface area contributed by atoms with Crippen molar-refractivity contribution < 1.29 is 9.32 Å². The Morgan fingerprint density at radius 3 is 2.81 bits per heavy atom. The van der Waals surface area contributed by atoms with E-state index in [2.05, 4.69) is 10.5 Å². The highest BCUT2D eigenvalue weighted by Crippen LogP contribution is 2.20. The monoisotopic (exact) mass is 222 g/mol. The molecule has 0 saturated heterocycles. The number of hydrogen-bond acceptors (Lipinski definition) is 3. The first kappa shape index (κ1) is 11.2. The van der Waals surface area contributed by atoms with Crippen LogP contribution in [0.15, 0.2) is 4.52 Å². The van der Waals surface area contributed by atoms with Crippen molar-refractivity contribution in [2.75, 3.05) is 0 Å². The Hall–Kier alpha value is -1.32. The zero-order valence-corrected chi connectivity index (χ0v) is 9.88. The number of carbonyl (C=O) groups excluding carboxylic acids is 1. The molecule has 1 aromatic heterocycles. The molecule has 0 aromatic carbocycles. The van der Waals surface area contributed by atoms with Crippen molar-refractivity contribution >= 4 is 5.91 Å². The summed E-state index contributed by atoms with van der Waals surface area (Å²) >= 11 is 0. The lowest BCUT2D eigenvalue weighted by atomic mass is 10.1. The molecule has 4 heteroatoms. The average molecular weight is 222 g/mol. The minimum absolute atomic E-state index is 0.0255. The van der Waals surface area contributed by atoms with Crippen LogP contribution in [0.3, 0.4) is 0 Å². The van der Waals surface area contributed by atoms with E-state index in [0.29, 0.717) is 17.4 Å². The quantitative estimate of drug-likeness (QED) is 0.853. The van der Waals surface area contributed by atoms with Gasteiger partial charge in [-0.25, -0.2) is 0 Å². The van der Waals surface area contributed by atoms with Crippen LogP contribution in [0, 0.1) is 6.92 Å². The molecule has 0 atom stereocenters. The van der Waals surface area contributed by atoms with Crippen LogP contribution in [0.5, 0.6) is 0 Å². The highest BCUT2D eigenvalue weighted by molar-refractivity contribution is 5.96. The minimum Gasteiger partial charge on any atom is -0.361 e. The van der Waals surface area contributed by atoms with Crippen molar-refractivity contribution in [3.05, 3.63) is 17.0 Å². The van der Waals surface area contributed by atoms with E-state index in [-0.39, 0.29) is 5.91 Å². The fraction of sp³-hybridized carbons (Fsp3) is 0.667. The summed E-state index contributed by atoms with van der Waals surface area (Å²) in [6.07, 6.45) is 5.35. The highest BCUT2D eigenvalue weighted by Gasteiger charge is 2.23. The number of nitrogens with one attached hydrogen (secondary N) is 1. The van der Waals surface area contributed by atoms with Crippen molar-refractivity contribution in [1.82, 2.24) is 10.5 Å². The molecule has 1 aromatic rings. The van der Waals surface area contributed by atoms with E-state index < -0.39 is 0 Å². The number of nitrogens with zero attached hydrogens (tertiary/aromatic N) is 1. The first-order chi connectivity index (χ1) is 7.72. The summed E-state index contributed by atoms with van der Waals surface area (Å²) in [5.41, 5.74) is 1.39. The molecule has 16 heavy (non-hydrogen) atoms. The largest absolute Gasteiger partial charge is 0.361 e. The number of carbonyl (C=O) groups is 1. The van der Waals surface area contributed by atoms with E-state index in [1.165, 1.54) is 12.8 Å². The van der Waals surface area contributed by atoms with Crippen LogP contribution in [0.4, 0.5) is 0 Å². The lowest BCUT2D eigenvalue weighted by molar-refractivity contribution is 0.0935. The molecule has 2 rings (SSSR count). The van der Waals surface area contributed by atoms with Gasteiger partial charge in [0.1, 0.15) is 11.3 Å². The molecule has 0 aliphatic heterocycles. The molecular weight excluding hydrogens is 204 g/mol. The Morgan fingerprint density at radius 1 is 1.50 bits per heavy atom. The number of aryl methyl sites for hydroxylation is 2. The first-order valence-electron chi connectivity index (χ1n) is 5.98. The van der Waals surface area contributed by atoms with E-state index in [9.17, 15) is 4.79 Å². The summed E-state index contributed by atoms with van der Waals surface area (Å²) in [4.78, 5) is 12.1. The van der Waals surface area contributed by atoms with Crippen LogP contribution < -0.4 is 5.32 Å². The molecular formula is C12H18N2O2. The molecule has 1 heterocycles. The topological polar surface area (TPSA) is 55.1 Å². The van der Waals surface area contributed by atoms with Gasteiger partial charge in [-0.3, -0.25) is 4.79 Å². The zero-order valence-electron chi connectivity index (χ0n) is 9.88. The third kappa shape index (κ3) is 2.10. The van der Waals surface area contributed by atoms with Crippen LogP contribution in [-0.2, 0) is 6.42 Å². The molecule has 1 aliphatic carbocycles. The maximum Gasteiger partial charge on any atom is 0.257 e. The van der Waals surface area contributed by atoms with Gasteiger partial charge in [-0.1, -0.05) is 24.9 Å². The Balaban J connectivity index is 2.10. The van der Waals surface area contributed by atoms with E-state index in [1.54, 1.807) is 6.92 Å². The van der Waals surface area contributed by atoms with E-state index in [1.807, 2.05) is 6.92 Å². The maximum absolute atomic E-state index is 12.1. The van der Waals surface area contributed by atoms with Crippen LogP contribution in [-0.4, -0.2) is 17.1 Å². The molecule has 0 unspecified atom stereocenters. The maximum atomic E-state index is 12.1. The lowest BCUT2D eigenvalue weighted by Gasteiger charge is -2.11. The molecule has 1 saturated carbocycles. The molecule has 1 aliphatic rings. The second kappa shape index (κ2) is 4.68. The van der Waals surface area contributed by atoms with Gasteiger partial charge in [-0.15, -0.1) is 0 Å². The van der Waals surface area contributed by atoms with Crippen molar-refractivity contribution in [2.45, 2.75) is 52.0 Å². The normalized spacial score (nSPS) is 16.6. The van der Waals surface area contributed by atoms with Crippen molar-refractivity contribution in [2.24, 2.45) is 0 Å². The number of hydrogen-bond donors (Lipinski definition) is 1. The smallest absolute Gasteiger partial charge is 0.257 e. The van der Waals surface area contributed by atoms with Gasteiger partial charge in [0.2, 0.25) is 0 Å². The zero-order chi connectivity index (χ0) is 11.5. The van der Waals surface area contributed by atoms with E-state index in [4.69, 9.17) is 4.52 Å². The molecule has 1 fully saturated rings. The second-order valence-electron chi connectivity index (χ2n) is 4.37. The van der Waals surface area contributed by atoms with Crippen molar-refractivity contribution in [1.29, 1.82) is 0 Å². The summed E-state index contributed by atoms with van der Waals surface area (Å²) in [7, 11) is 0. The van der Waals surface area contributed by atoms with Crippen molar-refractivity contribution in [3.63, 3.8) is 0 Å². The Morgan fingerprint density at radius 2 is 2.19 bits per heavy atom. The average Bonchev–Trinajstić information content (AvgIpc) is 2.87. The van der Waals surface area contributed by atoms with Crippen LogP contribution in [0.25, 0.3) is 0 Å². The lowest BCUT2D eigenvalue weighted by Crippen LogP contribution is -2.33. The second-order valence-corrected chi connectivity index (χ2v) is 4.37. The van der Waals surface area contributed by atoms with Gasteiger partial charge in [0, 0.05) is 6.04 Å². The third-order valence-corrected chi connectivity index (χ3v) is 3.19. The molecule has 0 spiro atoms. The fourth-order valence-electron chi connectivity index (χ4n) is 2.28. The highest BCUT2D eigenvalue weighted by atomic mass is 16.5. The number of aromatic nitrogens is 1. The van der Waals surface area contributed by atoms with Crippen LogP contribution >= 0.6 is 0 Å². The van der Waals surface area contributed by atoms with E-state index >= 15 is 0 Å². The third-order valence-electron chi connectivity index (χ3n) is 3.19. The molecule has 1 N–H and O–H groups in total. The Labute approximate surface area is 95.4 Å². The number of rotatable bonds is 3. The van der Waals surface area contributed by atoms with Crippen LogP contribution in [0.2, 0.25) is 0 Å². The predicted octanol–water partition coefficient (Wildman–Crippen LogP) is 2.22. The predicted molar refractivity (Wildman–Crippen MR) is 60.3 cm³/mol. The van der Waals surface area contributed by atoms with Gasteiger partial charge in [-0.2, -0.15) is 0 Å². The van der Waals surface area contributed by atoms with Gasteiger partial charge < -0.3 is 9.84 Å². The summed E-state index contributed by atoms with van der Waals surface area (Å²) in [6.45, 7) is 3.76. The molecule has 0 bridgehead atoms. The van der Waals surface area contributed by atoms with Gasteiger partial charge in [0.05, 0.1) is 5.69 Å². The Kier molecular flexibility index (Phi) is 3.27. The minimum atomic E-state index is -0.0255. The molecule has 0 radical (unpaired) electrons. The first-order valence-corrected chi connectivity index (χ1v) is 5.98. The van der Waals surface area contributed by atoms with Gasteiger partial charge in [0.25, 0.3) is 5.91 Å². The van der Waals surface area contributed by atoms with Crippen molar-refractivity contribution in [3.8, 4) is 0 Å². The van der Waals surface area contributed by atoms with E-state index in [0.717, 1.165) is 25.0 Å². The fourth-order valence-corrected chi connectivity index (χ4v) is 2.28. The number of amides is 1. The SMILES string of the molecule is CCc1noc(C)c1C(=O)NC1CCCC1. The Bertz CT molecular complexity index is 378. The summed E-state index contributed by atoms with van der Waals surface area (Å²) in [6, 6.07) is 0.339. The van der Waals surface area contributed by atoms with Gasteiger partial charge in [-0.05, 0) is 26.2 Å². The summed E-state index contributed by atoms with van der Waals surface area (Å²) < 4.78 is 5.06. The molecule has 1 amide bonds. The van der Waals surface area contributed by atoms with Gasteiger partial charge >= 0.3 is 0 Å².